The maximum atomic E-state index is 13.2. The molecule has 12 heteroatoms. The molecule has 2 aliphatic rings. The summed E-state index contributed by atoms with van der Waals surface area (Å²) in [7, 11) is 0. The summed E-state index contributed by atoms with van der Waals surface area (Å²) in [6.45, 7) is 2.60. The van der Waals surface area contributed by atoms with Crippen molar-refractivity contribution < 1.29 is 24.3 Å². The van der Waals surface area contributed by atoms with Crippen LogP contribution in [-0.4, -0.2) is 73.5 Å². The lowest BCUT2D eigenvalue weighted by Gasteiger charge is -2.25. The second-order valence-electron chi connectivity index (χ2n) is 8.86. The monoisotopic (exact) mass is 555 g/mol. The molecule has 0 saturated carbocycles. The van der Waals surface area contributed by atoms with Gasteiger partial charge in [-0.2, -0.15) is 5.01 Å². The molecule has 0 bridgehead atoms. The van der Waals surface area contributed by atoms with E-state index in [1.165, 1.54) is 35.2 Å². The fourth-order valence-electron chi connectivity index (χ4n) is 4.03. The summed E-state index contributed by atoms with van der Waals surface area (Å²) in [6, 6.07) is 17.8. The first kappa shape index (κ1) is 27.8. The van der Waals surface area contributed by atoms with Gasteiger partial charge in [-0.15, -0.1) is 10.2 Å². The number of amidine groups is 1. The van der Waals surface area contributed by atoms with Gasteiger partial charge < -0.3 is 5.11 Å². The fraction of sp³-hybridized carbons (Fsp3) is 0.346. The van der Waals surface area contributed by atoms with Gasteiger partial charge in [0, 0.05) is 17.2 Å². The van der Waals surface area contributed by atoms with Gasteiger partial charge in [0.15, 0.2) is 0 Å². The zero-order valence-electron chi connectivity index (χ0n) is 20.7. The molecule has 0 unspecified atom stereocenters. The number of likely N-dealkylation sites (tertiary alicyclic amines) is 1. The molecule has 1 saturated heterocycles. The zero-order valence-corrected chi connectivity index (χ0v) is 22.4. The molecule has 0 aliphatic carbocycles. The first-order valence-corrected chi connectivity index (χ1v) is 14.1. The van der Waals surface area contributed by atoms with E-state index in [0.717, 1.165) is 47.0 Å². The molecule has 0 spiro atoms. The third-order valence-electron chi connectivity index (χ3n) is 5.97. The van der Waals surface area contributed by atoms with Crippen LogP contribution < -0.4 is 5.53 Å². The van der Waals surface area contributed by atoms with Crippen LogP contribution in [-0.2, 0) is 27.3 Å². The fourth-order valence-corrected chi connectivity index (χ4v) is 5.75. The predicted molar refractivity (Wildman–Crippen MR) is 146 cm³/mol. The number of carboxylic acids is 1. The molecule has 200 valence electrons. The Labute approximate surface area is 229 Å². The Hall–Kier alpha value is -3.19. The number of carboxylic acid groups (broad SMARTS) is 1. The lowest BCUT2D eigenvalue weighted by molar-refractivity contribution is -0.146. The average Bonchev–Trinajstić information content (AvgIpc) is 3.55. The number of amides is 1. The molecule has 1 amide bonds. The highest BCUT2D eigenvalue weighted by atomic mass is 32.2. The lowest BCUT2D eigenvalue weighted by atomic mass is 10.2. The predicted octanol–water partition coefficient (Wildman–Crippen LogP) is 3.39. The Morgan fingerprint density at radius 1 is 0.921 bits per heavy atom. The maximum Gasteiger partial charge on any atom is 0.311 e. The number of rotatable bonds is 11. The van der Waals surface area contributed by atoms with E-state index in [2.05, 4.69) is 27.7 Å². The standard InChI is InChI=1S/C26H29N5O5S2/c32-22(16-24(34)35)23(33)18-30-28-27-25(31(30)26(36)37-15-12-19-6-2-1-3-7-19)38-21-10-8-20(9-11-21)17-29-13-4-5-14-29/h1-3,6-11,28H,4-5,12-18H2,(H,34,35). The second-order valence-corrected chi connectivity index (χ2v) is 10.9. The van der Waals surface area contributed by atoms with Gasteiger partial charge in [-0.05, 0) is 67.4 Å². The molecular weight excluding hydrogens is 526 g/mol. The second kappa shape index (κ2) is 13.6. The van der Waals surface area contributed by atoms with Crippen molar-refractivity contribution in [2.24, 2.45) is 5.10 Å². The number of aliphatic carboxylic acids is 1. The maximum absolute atomic E-state index is 13.2. The van der Waals surface area contributed by atoms with E-state index in [4.69, 9.17) is 5.11 Å². The van der Waals surface area contributed by atoms with Gasteiger partial charge in [0.2, 0.25) is 16.7 Å². The Kier molecular flexibility index (Phi) is 9.93. The molecule has 4 rings (SSSR count). The molecule has 38 heavy (non-hydrogen) atoms. The van der Waals surface area contributed by atoms with Gasteiger partial charge in [0.05, 0.1) is 0 Å². The highest BCUT2D eigenvalue weighted by Crippen LogP contribution is 2.28. The number of benzene rings is 2. The molecule has 2 N–H and O–H groups in total. The topological polar surface area (TPSA) is 123 Å². The van der Waals surface area contributed by atoms with E-state index in [1.807, 2.05) is 42.5 Å². The Morgan fingerprint density at radius 3 is 2.32 bits per heavy atom. The van der Waals surface area contributed by atoms with Crippen LogP contribution in [0.3, 0.4) is 0 Å². The van der Waals surface area contributed by atoms with E-state index >= 15 is 0 Å². The van der Waals surface area contributed by atoms with E-state index in [-0.39, 0.29) is 5.24 Å². The summed E-state index contributed by atoms with van der Waals surface area (Å²) in [5.41, 5.74) is 4.93. The van der Waals surface area contributed by atoms with Crippen molar-refractivity contribution >= 4 is 51.5 Å². The minimum atomic E-state index is -1.39. The normalized spacial score (nSPS) is 15.8. The summed E-state index contributed by atoms with van der Waals surface area (Å²) < 4.78 is 0. The Bertz CT molecular complexity index is 1190. The first-order chi connectivity index (χ1) is 18.4. The van der Waals surface area contributed by atoms with Crippen molar-refractivity contribution in [2.45, 2.75) is 37.1 Å². The third-order valence-corrected chi connectivity index (χ3v) is 7.75. The minimum absolute atomic E-state index is 0.299. The van der Waals surface area contributed by atoms with E-state index in [0.29, 0.717) is 17.3 Å². The highest BCUT2D eigenvalue weighted by Gasteiger charge is 2.35. The van der Waals surface area contributed by atoms with Gasteiger partial charge >= 0.3 is 11.2 Å². The van der Waals surface area contributed by atoms with E-state index < -0.39 is 30.5 Å². The van der Waals surface area contributed by atoms with Crippen LogP contribution in [0.5, 0.6) is 0 Å². The molecule has 10 nitrogen and oxygen atoms in total. The SMILES string of the molecule is O=C(O)CC(=O)C(=O)CN1NN=C(Sc2ccc(CN3CCCC3)cc2)N1C(=O)SCCc1ccccc1. The van der Waals surface area contributed by atoms with Crippen molar-refractivity contribution in [1.82, 2.24) is 20.6 Å². The van der Waals surface area contributed by atoms with E-state index in [9.17, 15) is 19.2 Å². The van der Waals surface area contributed by atoms with Crippen LogP contribution in [0.15, 0.2) is 64.6 Å². The highest BCUT2D eigenvalue weighted by molar-refractivity contribution is 8.15. The van der Waals surface area contributed by atoms with Gasteiger partial charge in [-0.25, -0.2) is 5.53 Å². The summed E-state index contributed by atoms with van der Waals surface area (Å²) in [5.74, 6) is -2.86. The van der Waals surface area contributed by atoms with Crippen LogP contribution in [0, 0.1) is 0 Å². The smallest absolute Gasteiger partial charge is 0.311 e. The average molecular weight is 556 g/mol. The molecule has 0 aromatic heterocycles. The summed E-state index contributed by atoms with van der Waals surface area (Å²) in [5, 5.41) is 15.3. The minimum Gasteiger partial charge on any atom is -0.481 e. The number of hydrogen-bond acceptors (Lipinski definition) is 10. The van der Waals surface area contributed by atoms with Crippen molar-refractivity contribution in [3.05, 3.63) is 65.7 Å². The number of Topliss-reactive ketones (excluding diaryl/α,β-unsaturated/α-hetero) is 2. The van der Waals surface area contributed by atoms with Gasteiger partial charge in [0.25, 0.3) is 0 Å². The number of carbonyl (C=O) groups excluding carboxylic acids is 3. The molecule has 0 radical (unpaired) electrons. The summed E-state index contributed by atoms with van der Waals surface area (Å²) in [4.78, 5) is 51.6. The van der Waals surface area contributed by atoms with Crippen LogP contribution in [0.2, 0.25) is 0 Å². The van der Waals surface area contributed by atoms with Gasteiger partial charge in [-0.1, -0.05) is 54.2 Å². The molecule has 1 fully saturated rings. The zero-order chi connectivity index (χ0) is 26.9. The molecule has 0 atom stereocenters. The van der Waals surface area contributed by atoms with Crippen molar-refractivity contribution in [2.75, 3.05) is 25.4 Å². The number of nitrogens with one attached hydrogen (secondary N) is 1. The first-order valence-electron chi connectivity index (χ1n) is 12.3. The summed E-state index contributed by atoms with van der Waals surface area (Å²) in [6.07, 6.45) is 2.23. The number of nitrogens with zero attached hydrogens (tertiary/aromatic N) is 4. The van der Waals surface area contributed by atoms with Crippen LogP contribution >= 0.6 is 23.5 Å². The number of carbonyl (C=O) groups is 4. The Morgan fingerprint density at radius 2 is 1.63 bits per heavy atom. The molecule has 2 aliphatic heterocycles. The third kappa shape index (κ3) is 7.90. The van der Waals surface area contributed by atoms with Crippen LogP contribution in [0.1, 0.15) is 30.4 Å². The van der Waals surface area contributed by atoms with Crippen LogP contribution in [0.4, 0.5) is 4.79 Å². The van der Waals surface area contributed by atoms with Gasteiger partial charge in [0.1, 0.15) is 13.0 Å². The van der Waals surface area contributed by atoms with E-state index in [1.54, 1.807) is 0 Å². The number of hydrazine groups is 2. The number of hydrogen-bond donors (Lipinski definition) is 2. The molecule has 2 aromatic carbocycles. The van der Waals surface area contributed by atoms with Crippen molar-refractivity contribution in [3.8, 4) is 0 Å². The Balaban J connectivity index is 1.41. The number of thioether (sulfide) groups is 2. The molecule has 2 heterocycles. The van der Waals surface area contributed by atoms with Crippen molar-refractivity contribution in [3.63, 3.8) is 0 Å². The van der Waals surface area contributed by atoms with Crippen molar-refractivity contribution in [1.29, 1.82) is 0 Å². The number of hydrazone groups is 1. The van der Waals surface area contributed by atoms with Crippen LogP contribution in [0.25, 0.3) is 0 Å². The van der Waals surface area contributed by atoms with Gasteiger partial charge in [-0.3, -0.25) is 24.1 Å². The number of aryl methyl sites for hydroxylation is 1. The molecule has 2 aromatic rings. The quantitative estimate of drug-likeness (QED) is 0.315. The summed E-state index contributed by atoms with van der Waals surface area (Å²) >= 11 is 2.32. The molecular formula is C26H29N5O5S2. The lowest BCUT2D eigenvalue weighted by Crippen LogP contribution is -2.50. The largest absolute Gasteiger partial charge is 0.481 e. The number of ketones is 2.